The highest BCUT2D eigenvalue weighted by Gasteiger charge is 2.14. The van der Waals surface area contributed by atoms with Crippen LogP contribution in [0.5, 0.6) is 0 Å². The standard InChI is InChI=1S/C9H3ClINO2/c10-9(14)8-6(3-12)1-5(4-13)2-7(8)11/h1-2,4H. The van der Waals surface area contributed by atoms with E-state index in [0.717, 1.165) is 0 Å². The monoisotopic (exact) mass is 319 g/mol. The van der Waals surface area contributed by atoms with Crippen LogP contribution in [0.4, 0.5) is 0 Å². The molecular weight excluding hydrogens is 316 g/mol. The minimum Gasteiger partial charge on any atom is -0.298 e. The van der Waals surface area contributed by atoms with Crippen molar-refractivity contribution in [3.05, 3.63) is 32.4 Å². The van der Waals surface area contributed by atoms with Crippen molar-refractivity contribution < 1.29 is 9.59 Å². The molecule has 0 saturated carbocycles. The summed E-state index contributed by atoms with van der Waals surface area (Å²) in [6, 6.07) is 4.67. The normalized spacial score (nSPS) is 9.21. The zero-order valence-electron chi connectivity index (χ0n) is 6.75. The van der Waals surface area contributed by atoms with Crippen molar-refractivity contribution in [3.8, 4) is 6.07 Å². The second-order valence-electron chi connectivity index (χ2n) is 2.43. The lowest BCUT2D eigenvalue weighted by atomic mass is 10.1. The van der Waals surface area contributed by atoms with Gasteiger partial charge in [-0.05, 0) is 46.3 Å². The van der Waals surface area contributed by atoms with Gasteiger partial charge in [-0.25, -0.2) is 0 Å². The van der Waals surface area contributed by atoms with E-state index in [0.29, 0.717) is 15.4 Å². The Bertz CT molecular complexity index is 451. The van der Waals surface area contributed by atoms with Crippen LogP contribution >= 0.6 is 34.2 Å². The first kappa shape index (κ1) is 11.1. The Morgan fingerprint density at radius 3 is 2.64 bits per heavy atom. The second-order valence-corrected chi connectivity index (χ2v) is 3.93. The molecule has 0 N–H and O–H groups in total. The highest BCUT2D eigenvalue weighted by Crippen LogP contribution is 2.20. The van der Waals surface area contributed by atoms with Crippen LogP contribution < -0.4 is 0 Å². The highest BCUT2D eigenvalue weighted by atomic mass is 127. The lowest BCUT2D eigenvalue weighted by Crippen LogP contribution is -2.00. The Morgan fingerprint density at radius 2 is 2.21 bits per heavy atom. The topological polar surface area (TPSA) is 57.9 Å². The summed E-state index contributed by atoms with van der Waals surface area (Å²) >= 11 is 7.16. The van der Waals surface area contributed by atoms with E-state index in [9.17, 15) is 9.59 Å². The van der Waals surface area contributed by atoms with Gasteiger partial charge in [-0.15, -0.1) is 0 Å². The summed E-state index contributed by atoms with van der Waals surface area (Å²) in [4.78, 5) is 21.4. The molecule has 0 aliphatic carbocycles. The quantitative estimate of drug-likeness (QED) is 0.478. The molecule has 14 heavy (non-hydrogen) atoms. The van der Waals surface area contributed by atoms with E-state index in [1.165, 1.54) is 12.1 Å². The van der Waals surface area contributed by atoms with Gasteiger partial charge in [0.15, 0.2) is 0 Å². The summed E-state index contributed by atoms with van der Waals surface area (Å²) in [7, 11) is 0. The van der Waals surface area contributed by atoms with Gasteiger partial charge < -0.3 is 0 Å². The molecule has 5 heteroatoms. The van der Waals surface area contributed by atoms with Gasteiger partial charge in [0.1, 0.15) is 6.29 Å². The summed E-state index contributed by atoms with van der Waals surface area (Å²) in [5, 5.41) is 8.04. The van der Waals surface area contributed by atoms with Crippen molar-refractivity contribution in [3.63, 3.8) is 0 Å². The predicted octanol–water partition coefficient (Wildman–Crippen LogP) is 2.35. The average molecular weight is 319 g/mol. The molecule has 0 aromatic heterocycles. The molecule has 1 aromatic carbocycles. The van der Waals surface area contributed by atoms with Crippen LogP contribution in [0.3, 0.4) is 0 Å². The molecule has 70 valence electrons. The van der Waals surface area contributed by atoms with E-state index in [-0.39, 0.29) is 11.1 Å². The van der Waals surface area contributed by atoms with Crippen molar-refractivity contribution in [1.29, 1.82) is 5.26 Å². The fourth-order valence-electron chi connectivity index (χ4n) is 0.984. The number of nitrogens with zero attached hydrogens (tertiary/aromatic N) is 1. The molecule has 0 aliphatic rings. The molecule has 1 aromatic rings. The summed E-state index contributed by atoms with van der Waals surface area (Å²) in [6.07, 6.45) is 0.617. The van der Waals surface area contributed by atoms with E-state index in [4.69, 9.17) is 16.9 Å². The zero-order chi connectivity index (χ0) is 10.7. The van der Waals surface area contributed by atoms with Crippen LogP contribution in [-0.2, 0) is 0 Å². The van der Waals surface area contributed by atoms with Gasteiger partial charge >= 0.3 is 0 Å². The van der Waals surface area contributed by atoms with E-state index < -0.39 is 5.24 Å². The average Bonchev–Trinajstić information content (AvgIpc) is 2.15. The molecule has 0 fully saturated rings. The van der Waals surface area contributed by atoms with Gasteiger partial charge in [-0.2, -0.15) is 5.26 Å². The third kappa shape index (κ3) is 2.11. The van der Waals surface area contributed by atoms with E-state index in [1.54, 1.807) is 0 Å². The SMILES string of the molecule is N#Cc1cc(C=O)cc(I)c1C(=O)Cl. The Hall–Kier alpha value is -0.930. The molecule has 0 atom stereocenters. The van der Waals surface area contributed by atoms with E-state index in [1.807, 2.05) is 28.7 Å². The molecule has 0 radical (unpaired) electrons. The van der Waals surface area contributed by atoms with E-state index in [2.05, 4.69) is 0 Å². The van der Waals surface area contributed by atoms with Crippen molar-refractivity contribution in [1.82, 2.24) is 0 Å². The summed E-state index contributed by atoms with van der Waals surface area (Å²) in [5.41, 5.74) is 0.631. The Labute approximate surface area is 98.8 Å². The molecule has 0 unspecified atom stereocenters. The number of nitriles is 1. The first-order chi connectivity index (χ1) is 6.60. The smallest absolute Gasteiger partial charge is 0.254 e. The Morgan fingerprint density at radius 1 is 1.57 bits per heavy atom. The largest absolute Gasteiger partial charge is 0.298 e. The highest BCUT2D eigenvalue weighted by molar-refractivity contribution is 14.1. The molecule has 1 rings (SSSR count). The minimum absolute atomic E-state index is 0.124. The summed E-state index contributed by atoms with van der Waals surface area (Å²) < 4.78 is 0.503. The van der Waals surface area contributed by atoms with Gasteiger partial charge in [0.25, 0.3) is 5.24 Å². The number of aldehydes is 1. The van der Waals surface area contributed by atoms with Crippen LogP contribution in [0.2, 0.25) is 0 Å². The number of rotatable bonds is 2. The molecule has 0 amide bonds. The summed E-state index contributed by atoms with van der Waals surface area (Å²) in [5.74, 6) is 0. The fraction of sp³-hybridized carbons (Fsp3) is 0. The molecular formula is C9H3ClINO2. The third-order valence-corrected chi connectivity index (χ3v) is 2.61. The van der Waals surface area contributed by atoms with Crippen LogP contribution in [0.1, 0.15) is 26.3 Å². The predicted molar refractivity (Wildman–Crippen MR) is 59.4 cm³/mol. The molecule has 0 saturated heterocycles. The molecule has 0 spiro atoms. The molecule has 0 heterocycles. The maximum absolute atomic E-state index is 11.0. The molecule has 0 bridgehead atoms. The number of hydrogen-bond donors (Lipinski definition) is 0. The van der Waals surface area contributed by atoms with E-state index >= 15 is 0 Å². The summed E-state index contributed by atoms with van der Waals surface area (Å²) in [6.45, 7) is 0. The second kappa shape index (κ2) is 4.53. The number of benzene rings is 1. The Kier molecular flexibility index (Phi) is 3.61. The van der Waals surface area contributed by atoms with Gasteiger partial charge in [0.05, 0.1) is 17.2 Å². The first-order valence-electron chi connectivity index (χ1n) is 3.48. The maximum atomic E-state index is 11.0. The van der Waals surface area contributed by atoms with Crippen LogP contribution in [0.25, 0.3) is 0 Å². The number of carbonyl (C=O) groups excluding carboxylic acids is 2. The molecule has 0 aliphatic heterocycles. The van der Waals surface area contributed by atoms with Crippen LogP contribution in [-0.4, -0.2) is 11.5 Å². The number of halogens is 2. The Balaban J connectivity index is 3.52. The third-order valence-electron chi connectivity index (χ3n) is 1.57. The van der Waals surface area contributed by atoms with Gasteiger partial charge in [-0.1, -0.05) is 0 Å². The molecule has 3 nitrogen and oxygen atoms in total. The van der Waals surface area contributed by atoms with Crippen LogP contribution in [0, 0.1) is 14.9 Å². The van der Waals surface area contributed by atoms with Crippen molar-refractivity contribution in [2.24, 2.45) is 0 Å². The lowest BCUT2D eigenvalue weighted by Gasteiger charge is -2.02. The van der Waals surface area contributed by atoms with Crippen LogP contribution in [0.15, 0.2) is 12.1 Å². The zero-order valence-corrected chi connectivity index (χ0v) is 9.67. The maximum Gasteiger partial charge on any atom is 0.254 e. The number of carbonyl (C=O) groups is 2. The van der Waals surface area contributed by atoms with Crippen molar-refractivity contribution in [2.75, 3.05) is 0 Å². The lowest BCUT2D eigenvalue weighted by molar-refractivity contribution is 0.107. The fourth-order valence-corrected chi connectivity index (χ4v) is 2.24. The first-order valence-corrected chi connectivity index (χ1v) is 4.94. The van der Waals surface area contributed by atoms with Gasteiger partial charge in [0.2, 0.25) is 0 Å². The minimum atomic E-state index is -0.691. The van der Waals surface area contributed by atoms with Crippen molar-refractivity contribution >= 4 is 45.7 Å². The van der Waals surface area contributed by atoms with Gasteiger partial charge in [-0.3, -0.25) is 9.59 Å². The van der Waals surface area contributed by atoms with Crippen molar-refractivity contribution in [2.45, 2.75) is 0 Å². The van der Waals surface area contributed by atoms with Gasteiger partial charge in [0, 0.05) is 9.13 Å². The number of hydrogen-bond acceptors (Lipinski definition) is 3.